The minimum Gasteiger partial charge on any atom is -0.465 e. The summed E-state index contributed by atoms with van der Waals surface area (Å²) in [5.41, 5.74) is 3.13. The van der Waals surface area contributed by atoms with E-state index in [2.05, 4.69) is 39.4 Å². The molecule has 1 amide bonds. The van der Waals surface area contributed by atoms with Gasteiger partial charge in [-0.25, -0.2) is 4.79 Å². The van der Waals surface area contributed by atoms with Crippen molar-refractivity contribution >= 4 is 29.3 Å². The molecule has 1 N–H and O–H groups in total. The summed E-state index contributed by atoms with van der Waals surface area (Å²) >= 11 is 0. The normalized spacial score (nSPS) is 14.4. The van der Waals surface area contributed by atoms with Crippen LogP contribution in [0.25, 0.3) is 6.08 Å². The van der Waals surface area contributed by atoms with Crippen LogP contribution in [-0.4, -0.2) is 50.1 Å². The molecule has 0 saturated carbocycles. The van der Waals surface area contributed by atoms with Crippen molar-refractivity contribution in [1.82, 2.24) is 4.90 Å². The summed E-state index contributed by atoms with van der Waals surface area (Å²) in [5.74, 6) is -0.170. The number of hydrogen-bond acceptors (Lipinski definition) is 6. The summed E-state index contributed by atoms with van der Waals surface area (Å²) < 4.78 is 10.1. The first-order valence-electron chi connectivity index (χ1n) is 10.9. The van der Waals surface area contributed by atoms with Crippen molar-refractivity contribution in [2.75, 3.05) is 43.5 Å². The van der Waals surface area contributed by atoms with E-state index in [0.29, 0.717) is 17.0 Å². The lowest BCUT2D eigenvalue weighted by molar-refractivity contribution is -0.111. The average molecular weight is 446 g/mol. The maximum absolute atomic E-state index is 12.6. The average Bonchev–Trinajstić information content (AvgIpc) is 3.37. The molecule has 0 aliphatic carbocycles. The van der Waals surface area contributed by atoms with Crippen LogP contribution >= 0.6 is 0 Å². The maximum Gasteiger partial charge on any atom is 0.337 e. The summed E-state index contributed by atoms with van der Waals surface area (Å²) in [5, 5.41) is 2.91. The monoisotopic (exact) mass is 445 g/mol. The quantitative estimate of drug-likeness (QED) is 0.437. The molecule has 0 atom stereocenters. The Hall–Kier alpha value is -3.84. The summed E-state index contributed by atoms with van der Waals surface area (Å²) in [6, 6.07) is 19.2. The first-order valence-corrected chi connectivity index (χ1v) is 10.9. The van der Waals surface area contributed by atoms with E-state index < -0.39 is 5.97 Å². The van der Waals surface area contributed by atoms with Crippen LogP contribution in [0, 0.1) is 0 Å². The van der Waals surface area contributed by atoms with Gasteiger partial charge in [-0.3, -0.25) is 9.69 Å². The molecule has 1 saturated heterocycles. The summed E-state index contributed by atoms with van der Waals surface area (Å²) in [7, 11) is 1.34. The molecule has 0 bridgehead atoms. The molecule has 1 aromatic heterocycles. The third-order valence-corrected chi connectivity index (χ3v) is 5.58. The van der Waals surface area contributed by atoms with Gasteiger partial charge in [-0.2, -0.15) is 0 Å². The van der Waals surface area contributed by atoms with Crippen LogP contribution in [0.1, 0.15) is 21.7 Å². The molecule has 7 nitrogen and oxygen atoms in total. The second kappa shape index (κ2) is 10.7. The first kappa shape index (κ1) is 22.4. The third-order valence-electron chi connectivity index (χ3n) is 5.58. The first-order chi connectivity index (χ1) is 16.1. The number of carbonyl (C=O) groups is 2. The summed E-state index contributed by atoms with van der Waals surface area (Å²) in [6.07, 6.45) is 4.56. The zero-order chi connectivity index (χ0) is 23.0. The number of nitrogens with zero attached hydrogens (tertiary/aromatic N) is 2. The standard InChI is InChI=1S/C26H27N3O4/c1-32-26(31)21-9-11-24(23(18-21)27-25(30)12-10-22-8-5-17-33-22)29-15-13-28(14-16-29)19-20-6-3-2-4-7-20/h2-12,17-18H,13-16,19H2,1H3,(H,27,30). The van der Waals surface area contributed by atoms with Gasteiger partial charge in [0.25, 0.3) is 0 Å². The molecule has 0 spiro atoms. The summed E-state index contributed by atoms with van der Waals surface area (Å²) in [4.78, 5) is 29.3. The minimum absolute atomic E-state index is 0.308. The lowest BCUT2D eigenvalue weighted by Crippen LogP contribution is -2.46. The fraction of sp³-hybridized carbons (Fsp3) is 0.231. The van der Waals surface area contributed by atoms with Crippen molar-refractivity contribution in [3.63, 3.8) is 0 Å². The Balaban J connectivity index is 1.47. The van der Waals surface area contributed by atoms with E-state index in [9.17, 15) is 9.59 Å². The van der Waals surface area contributed by atoms with Crippen molar-refractivity contribution in [1.29, 1.82) is 0 Å². The smallest absolute Gasteiger partial charge is 0.337 e. The topological polar surface area (TPSA) is 75.0 Å². The van der Waals surface area contributed by atoms with Crippen LogP contribution in [0.5, 0.6) is 0 Å². The van der Waals surface area contributed by atoms with Crippen LogP contribution in [0.2, 0.25) is 0 Å². The Labute approximate surface area is 193 Å². The number of methoxy groups -OCH3 is 1. The fourth-order valence-corrected chi connectivity index (χ4v) is 3.86. The van der Waals surface area contributed by atoms with Gasteiger partial charge in [-0.05, 0) is 42.0 Å². The second-order valence-electron chi connectivity index (χ2n) is 7.81. The molecular weight excluding hydrogens is 418 g/mol. The zero-order valence-electron chi connectivity index (χ0n) is 18.6. The molecule has 1 aliphatic heterocycles. The van der Waals surface area contributed by atoms with Crippen molar-refractivity contribution in [3.05, 3.63) is 89.9 Å². The Morgan fingerprint density at radius 1 is 1.03 bits per heavy atom. The number of anilines is 2. The SMILES string of the molecule is COC(=O)c1ccc(N2CCN(Cc3ccccc3)CC2)c(NC(=O)C=Cc2ccco2)c1. The molecular formula is C26H27N3O4. The van der Waals surface area contributed by atoms with Crippen LogP contribution in [0.15, 0.2) is 77.4 Å². The van der Waals surface area contributed by atoms with Crippen molar-refractivity contribution in [3.8, 4) is 0 Å². The van der Waals surface area contributed by atoms with Gasteiger partial charge in [0, 0.05) is 38.8 Å². The van der Waals surface area contributed by atoms with Gasteiger partial charge in [0.2, 0.25) is 5.91 Å². The predicted molar refractivity (Wildman–Crippen MR) is 128 cm³/mol. The Morgan fingerprint density at radius 2 is 1.82 bits per heavy atom. The minimum atomic E-state index is -0.448. The Bertz CT molecular complexity index is 1100. The van der Waals surface area contributed by atoms with Gasteiger partial charge in [0.15, 0.2) is 0 Å². The molecule has 33 heavy (non-hydrogen) atoms. The molecule has 2 heterocycles. The van der Waals surface area contributed by atoms with Gasteiger partial charge in [0.1, 0.15) is 5.76 Å². The fourth-order valence-electron chi connectivity index (χ4n) is 3.86. The number of benzene rings is 2. The number of esters is 1. The number of amides is 1. The number of nitrogens with one attached hydrogen (secondary N) is 1. The van der Waals surface area contributed by atoms with E-state index in [1.807, 2.05) is 12.1 Å². The van der Waals surface area contributed by atoms with E-state index in [0.717, 1.165) is 38.4 Å². The highest BCUT2D eigenvalue weighted by atomic mass is 16.5. The molecule has 170 valence electrons. The van der Waals surface area contributed by atoms with Gasteiger partial charge in [0.05, 0.1) is 30.3 Å². The van der Waals surface area contributed by atoms with Crippen LogP contribution in [0.4, 0.5) is 11.4 Å². The van der Waals surface area contributed by atoms with Gasteiger partial charge in [-0.15, -0.1) is 0 Å². The molecule has 2 aromatic carbocycles. The number of rotatable bonds is 7. The highest BCUT2D eigenvalue weighted by Crippen LogP contribution is 2.29. The van der Waals surface area contributed by atoms with E-state index in [1.54, 1.807) is 36.6 Å². The van der Waals surface area contributed by atoms with E-state index in [1.165, 1.54) is 18.7 Å². The molecule has 4 rings (SSSR count). The van der Waals surface area contributed by atoms with Crippen molar-refractivity contribution in [2.45, 2.75) is 6.54 Å². The molecule has 1 fully saturated rings. The molecule has 7 heteroatoms. The van der Waals surface area contributed by atoms with E-state index in [-0.39, 0.29) is 5.91 Å². The Kier molecular flexibility index (Phi) is 7.22. The lowest BCUT2D eigenvalue weighted by Gasteiger charge is -2.37. The lowest BCUT2D eigenvalue weighted by atomic mass is 10.1. The number of carbonyl (C=O) groups excluding carboxylic acids is 2. The molecule has 3 aromatic rings. The number of furan rings is 1. The van der Waals surface area contributed by atoms with E-state index >= 15 is 0 Å². The number of hydrogen-bond donors (Lipinski definition) is 1. The predicted octanol–water partition coefficient (Wildman–Crippen LogP) is 4.04. The molecule has 1 aliphatic rings. The van der Waals surface area contributed by atoms with Crippen molar-refractivity contribution < 1.29 is 18.7 Å². The van der Waals surface area contributed by atoms with Crippen LogP contribution in [0.3, 0.4) is 0 Å². The van der Waals surface area contributed by atoms with Gasteiger partial charge in [-0.1, -0.05) is 30.3 Å². The summed E-state index contributed by atoms with van der Waals surface area (Å²) in [6.45, 7) is 4.35. The zero-order valence-corrected chi connectivity index (χ0v) is 18.6. The largest absolute Gasteiger partial charge is 0.465 e. The third kappa shape index (κ3) is 5.90. The van der Waals surface area contributed by atoms with Crippen LogP contribution in [-0.2, 0) is 16.1 Å². The highest BCUT2D eigenvalue weighted by Gasteiger charge is 2.21. The second-order valence-corrected chi connectivity index (χ2v) is 7.81. The number of piperazine rings is 1. The maximum atomic E-state index is 12.6. The van der Waals surface area contributed by atoms with Gasteiger partial charge < -0.3 is 19.4 Å². The number of ether oxygens (including phenoxy) is 1. The van der Waals surface area contributed by atoms with E-state index in [4.69, 9.17) is 9.15 Å². The highest BCUT2D eigenvalue weighted by molar-refractivity contribution is 6.04. The van der Waals surface area contributed by atoms with Crippen molar-refractivity contribution in [2.24, 2.45) is 0 Å². The van der Waals surface area contributed by atoms with Crippen LogP contribution < -0.4 is 10.2 Å². The molecule has 0 radical (unpaired) electrons. The molecule has 0 unspecified atom stereocenters. The Morgan fingerprint density at radius 3 is 2.52 bits per heavy atom. The van der Waals surface area contributed by atoms with Gasteiger partial charge >= 0.3 is 5.97 Å².